The first-order valence-corrected chi connectivity index (χ1v) is 8.90. The maximum atomic E-state index is 12.4. The van der Waals surface area contributed by atoms with Gasteiger partial charge in [0.15, 0.2) is 0 Å². The highest BCUT2D eigenvalue weighted by Gasteiger charge is 2.12. The summed E-state index contributed by atoms with van der Waals surface area (Å²) in [4.78, 5) is 24.5. The number of rotatable bonds is 5. The first-order chi connectivity index (χ1) is 14.6. The number of nitriles is 2. The van der Waals surface area contributed by atoms with Crippen LogP contribution in [0.5, 0.6) is 5.75 Å². The Labute approximate surface area is 173 Å². The Hall–Kier alpha value is -4.68. The molecule has 0 bridgehead atoms. The topological polar surface area (TPSA) is 103 Å². The number of amides is 1. The van der Waals surface area contributed by atoms with E-state index in [1.165, 1.54) is 6.08 Å². The summed E-state index contributed by atoms with van der Waals surface area (Å²) < 4.78 is 5.30. The van der Waals surface area contributed by atoms with Gasteiger partial charge in [0.1, 0.15) is 23.5 Å². The molecule has 0 saturated carbocycles. The normalized spacial score (nSPS) is 10.4. The molecule has 0 aliphatic carbocycles. The molecule has 6 heteroatoms. The number of hydrogen-bond acceptors (Lipinski definition) is 5. The van der Waals surface area contributed by atoms with Gasteiger partial charge in [0, 0.05) is 0 Å². The molecule has 0 radical (unpaired) electrons. The maximum absolute atomic E-state index is 12.4. The lowest BCUT2D eigenvalue weighted by atomic mass is 10.1. The van der Waals surface area contributed by atoms with Gasteiger partial charge in [-0.15, -0.1) is 0 Å². The molecule has 0 saturated heterocycles. The monoisotopic (exact) mass is 393 g/mol. The van der Waals surface area contributed by atoms with Gasteiger partial charge in [0.05, 0.1) is 16.8 Å². The second-order valence-electron chi connectivity index (χ2n) is 6.11. The van der Waals surface area contributed by atoms with Crippen molar-refractivity contribution >= 4 is 23.6 Å². The lowest BCUT2D eigenvalue weighted by Gasteiger charge is -2.06. The second-order valence-corrected chi connectivity index (χ2v) is 6.11. The van der Waals surface area contributed by atoms with Crippen molar-refractivity contribution < 1.29 is 14.3 Å². The highest BCUT2D eigenvalue weighted by Crippen LogP contribution is 2.18. The van der Waals surface area contributed by atoms with Crippen LogP contribution in [-0.2, 0) is 4.79 Å². The molecule has 6 nitrogen and oxygen atoms in total. The Balaban J connectivity index is 1.71. The van der Waals surface area contributed by atoms with Gasteiger partial charge in [-0.2, -0.15) is 10.5 Å². The predicted molar refractivity (Wildman–Crippen MR) is 111 cm³/mol. The summed E-state index contributed by atoms with van der Waals surface area (Å²) in [6, 6.07) is 25.4. The number of para-hydroxylation sites is 1. The van der Waals surface area contributed by atoms with Crippen molar-refractivity contribution in [2.45, 2.75) is 0 Å². The van der Waals surface area contributed by atoms with Crippen LogP contribution < -0.4 is 10.1 Å². The van der Waals surface area contributed by atoms with Gasteiger partial charge < -0.3 is 10.1 Å². The van der Waals surface area contributed by atoms with Crippen molar-refractivity contribution in [3.8, 4) is 17.9 Å². The summed E-state index contributed by atoms with van der Waals surface area (Å²) in [5.41, 5.74) is 1.51. The van der Waals surface area contributed by atoms with Crippen molar-refractivity contribution in [3.05, 3.63) is 101 Å². The van der Waals surface area contributed by atoms with E-state index >= 15 is 0 Å². The van der Waals surface area contributed by atoms with E-state index in [9.17, 15) is 14.9 Å². The van der Waals surface area contributed by atoms with Crippen LogP contribution in [0.25, 0.3) is 6.08 Å². The molecule has 0 unspecified atom stereocenters. The van der Waals surface area contributed by atoms with Crippen molar-refractivity contribution in [1.29, 1.82) is 10.5 Å². The fourth-order valence-electron chi connectivity index (χ4n) is 2.57. The smallest absolute Gasteiger partial charge is 0.343 e. The molecule has 0 fully saturated rings. The van der Waals surface area contributed by atoms with Gasteiger partial charge in [-0.3, -0.25) is 4.79 Å². The second kappa shape index (κ2) is 9.50. The molecule has 0 atom stereocenters. The lowest BCUT2D eigenvalue weighted by molar-refractivity contribution is -0.112. The van der Waals surface area contributed by atoms with Crippen molar-refractivity contribution in [1.82, 2.24) is 0 Å². The van der Waals surface area contributed by atoms with Crippen LogP contribution >= 0.6 is 0 Å². The molecule has 0 spiro atoms. The maximum Gasteiger partial charge on any atom is 0.343 e. The number of anilines is 1. The van der Waals surface area contributed by atoms with Crippen molar-refractivity contribution in [2.75, 3.05) is 5.32 Å². The van der Waals surface area contributed by atoms with E-state index in [1.54, 1.807) is 78.9 Å². The van der Waals surface area contributed by atoms with Crippen LogP contribution in [0.3, 0.4) is 0 Å². The fraction of sp³-hybridized carbons (Fsp3) is 0. The molecule has 0 aliphatic rings. The number of esters is 1. The zero-order valence-electron chi connectivity index (χ0n) is 15.7. The quantitative estimate of drug-likeness (QED) is 0.301. The molecule has 30 heavy (non-hydrogen) atoms. The SMILES string of the molecule is N#C/C(=C\c1ccc(OC(=O)c2ccccc2)cc1)C(=O)Nc1ccccc1C#N. The zero-order chi connectivity index (χ0) is 21.3. The Morgan fingerprint density at radius 2 is 1.53 bits per heavy atom. The first kappa shape index (κ1) is 20.1. The number of nitrogens with zero attached hydrogens (tertiary/aromatic N) is 2. The van der Waals surface area contributed by atoms with Crippen LogP contribution in [-0.4, -0.2) is 11.9 Å². The van der Waals surface area contributed by atoms with Crippen LogP contribution in [0.2, 0.25) is 0 Å². The van der Waals surface area contributed by atoms with E-state index in [4.69, 9.17) is 10.00 Å². The number of nitrogens with one attached hydrogen (secondary N) is 1. The van der Waals surface area contributed by atoms with Crippen molar-refractivity contribution in [2.24, 2.45) is 0 Å². The van der Waals surface area contributed by atoms with E-state index in [2.05, 4.69) is 5.32 Å². The van der Waals surface area contributed by atoms with E-state index in [0.717, 1.165) is 0 Å². The average Bonchev–Trinajstić information content (AvgIpc) is 2.79. The summed E-state index contributed by atoms with van der Waals surface area (Å²) in [7, 11) is 0. The Morgan fingerprint density at radius 3 is 2.20 bits per heavy atom. The Morgan fingerprint density at radius 1 is 0.867 bits per heavy atom. The van der Waals surface area contributed by atoms with Gasteiger partial charge >= 0.3 is 5.97 Å². The Bertz CT molecular complexity index is 1180. The first-order valence-electron chi connectivity index (χ1n) is 8.90. The van der Waals surface area contributed by atoms with Gasteiger partial charge in [0.25, 0.3) is 5.91 Å². The Kier molecular flexibility index (Phi) is 6.35. The third kappa shape index (κ3) is 4.98. The molecule has 0 aliphatic heterocycles. The van der Waals surface area contributed by atoms with E-state index in [-0.39, 0.29) is 5.57 Å². The van der Waals surface area contributed by atoms with E-state index in [1.807, 2.05) is 12.1 Å². The van der Waals surface area contributed by atoms with E-state index < -0.39 is 11.9 Å². The van der Waals surface area contributed by atoms with Crippen LogP contribution in [0.15, 0.2) is 84.4 Å². The highest BCUT2D eigenvalue weighted by atomic mass is 16.5. The average molecular weight is 393 g/mol. The molecule has 0 aromatic heterocycles. The molecule has 1 amide bonds. The highest BCUT2D eigenvalue weighted by molar-refractivity contribution is 6.10. The van der Waals surface area contributed by atoms with Crippen LogP contribution in [0, 0.1) is 22.7 Å². The number of benzene rings is 3. The molecule has 3 aromatic rings. The molecule has 1 N–H and O–H groups in total. The molecule has 3 aromatic carbocycles. The summed E-state index contributed by atoms with van der Waals surface area (Å²) in [5.74, 6) is -0.765. The molecular formula is C24H15N3O3. The van der Waals surface area contributed by atoms with Gasteiger partial charge in [-0.05, 0) is 48.0 Å². The van der Waals surface area contributed by atoms with E-state index in [0.29, 0.717) is 28.1 Å². The van der Waals surface area contributed by atoms with Crippen LogP contribution in [0.4, 0.5) is 5.69 Å². The zero-order valence-corrected chi connectivity index (χ0v) is 15.7. The molecular weight excluding hydrogens is 378 g/mol. The third-order valence-corrected chi connectivity index (χ3v) is 4.07. The summed E-state index contributed by atoms with van der Waals surface area (Å²) in [5, 5.41) is 21.0. The number of ether oxygens (including phenoxy) is 1. The summed E-state index contributed by atoms with van der Waals surface area (Å²) in [6.07, 6.45) is 1.41. The summed E-state index contributed by atoms with van der Waals surface area (Å²) in [6.45, 7) is 0. The third-order valence-electron chi connectivity index (χ3n) is 4.07. The largest absolute Gasteiger partial charge is 0.423 e. The van der Waals surface area contributed by atoms with Gasteiger partial charge in [-0.1, -0.05) is 42.5 Å². The van der Waals surface area contributed by atoms with Crippen LogP contribution in [0.1, 0.15) is 21.5 Å². The fourth-order valence-corrected chi connectivity index (χ4v) is 2.57. The number of carbonyl (C=O) groups is 2. The van der Waals surface area contributed by atoms with Crippen molar-refractivity contribution in [3.63, 3.8) is 0 Å². The number of carbonyl (C=O) groups excluding carboxylic acids is 2. The predicted octanol–water partition coefficient (Wildman–Crippen LogP) is 4.32. The van der Waals surface area contributed by atoms with Gasteiger partial charge in [-0.25, -0.2) is 4.79 Å². The molecule has 144 valence electrons. The molecule has 3 rings (SSSR count). The standard InChI is InChI=1S/C24H15N3O3/c25-15-19-8-4-5-9-22(19)27-23(28)20(16-26)14-17-10-12-21(13-11-17)30-24(29)18-6-2-1-3-7-18/h1-14H,(H,27,28)/b20-14+. The summed E-state index contributed by atoms with van der Waals surface area (Å²) >= 11 is 0. The minimum Gasteiger partial charge on any atom is -0.423 e. The minimum absolute atomic E-state index is 0.128. The van der Waals surface area contributed by atoms with Gasteiger partial charge in [0.2, 0.25) is 0 Å². The number of hydrogen-bond donors (Lipinski definition) is 1. The lowest BCUT2D eigenvalue weighted by Crippen LogP contribution is -2.14. The molecule has 0 heterocycles. The minimum atomic E-state index is -0.625.